The van der Waals surface area contributed by atoms with Gasteiger partial charge in [0.05, 0.1) is 6.61 Å². The zero-order chi connectivity index (χ0) is 12.8. The van der Waals surface area contributed by atoms with E-state index in [-0.39, 0.29) is 12.4 Å². The number of carbonyl (C=O) groups excluding carboxylic acids is 2. The van der Waals surface area contributed by atoms with E-state index in [0.29, 0.717) is 19.4 Å². The lowest BCUT2D eigenvalue weighted by Gasteiger charge is -2.27. The molecule has 3 N–H and O–H groups in total. The van der Waals surface area contributed by atoms with Gasteiger partial charge < -0.3 is 20.3 Å². The molecule has 1 atom stereocenters. The van der Waals surface area contributed by atoms with Crippen molar-refractivity contribution >= 4 is 11.7 Å². The highest BCUT2D eigenvalue weighted by Gasteiger charge is 2.32. The van der Waals surface area contributed by atoms with Gasteiger partial charge in [-0.15, -0.1) is 0 Å². The first kappa shape index (κ1) is 15.1. The first-order chi connectivity index (χ1) is 7.31. The van der Waals surface area contributed by atoms with E-state index < -0.39 is 17.4 Å². The van der Waals surface area contributed by atoms with Crippen LogP contribution in [-0.4, -0.2) is 41.2 Å². The Bertz CT molecular complexity index is 250. The maximum absolute atomic E-state index is 11.4. The van der Waals surface area contributed by atoms with Crippen molar-refractivity contribution in [2.24, 2.45) is 5.41 Å². The third-order valence-corrected chi connectivity index (χ3v) is 2.40. The third kappa shape index (κ3) is 5.23. The Hall–Kier alpha value is -0.940. The smallest absolute Gasteiger partial charge is 0.249 e. The van der Waals surface area contributed by atoms with E-state index in [1.165, 1.54) is 6.92 Å². The van der Waals surface area contributed by atoms with Gasteiger partial charge in [0.25, 0.3) is 0 Å². The fraction of sp³-hybridized carbons (Fsp3) is 0.818. The van der Waals surface area contributed by atoms with Crippen molar-refractivity contribution in [3.63, 3.8) is 0 Å². The van der Waals surface area contributed by atoms with E-state index in [9.17, 15) is 14.7 Å². The van der Waals surface area contributed by atoms with Gasteiger partial charge >= 0.3 is 0 Å². The zero-order valence-corrected chi connectivity index (χ0v) is 10.1. The highest BCUT2D eigenvalue weighted by Crippen LogP contribution is 2.19. The summed E-state index contributed by atoms with van der Waals surface area (Å²) >= 11 is 0. The minimum atomic E-state index is -1.24. The number of Topliss-reactive ketones (excluding diaryl/α,β-unsaturated/α-hetero) is 1. The van der Waals surface area contributed by atoms with Crippen LogP contribution in [0, 0.1) is 5.41 Å². The minimum Gasteiger partial charge on any atom is -0.396 e. The molecule has 0 heterocycles. The van der Waals surface area contributed by atoms with Gasteiger partial charge in [-0.1, -0.05) is 13.8 Å². The highest BCUT2D eigenvalue weighted by atomic mass is 16.3. The zero-order valence-electron chi connectivity index (χ0n) is 10.1. The molecule has 5 heteroatoms. The summed E-state index contributed by atoms with van der Waals surface area (Å²) < 4.78 is 0. The molecule has 1 unspecified atom stereocenters. The average molecular weight is 231 g/mol. The number of aliphatic hydroxyl groups excluding tert-OH is 2. The average Bonchev–Trinajstić information content (AvgIpc) is 2.22. The first-order valence-corrected chi connectivity index (χ1v) is 5.37. The lowest BCUT2D eigenvalue weighted by atomic mass is 9.87. The topological polar surface area (TPSA) is 86.6 Å². The van der Waals surface area contributed by atoms with Gasteiger partial charge in [-0.3, -0.25) is 4.79 Å². The highest BCUT2D eigenvalue weighted by molar-refractivity contribution is 5.81. The fourth-order valence-electron chi connectivity index (χ4n) is 1.09. The largest absolute Gasteiger partial charge is 0.396 e. The van der Waals surface area contributed by atoms with E-state index in [1.54, 1.807) is 13.8 Å². The molecule has 0 spiro atoms. The lowest BCUT2D eigenvalue weighted by molar-refractivity contribution is -0.137. The predicted octanol–water partition coefficient (Wildman–Crippen LogP) is -0.149. The molecule has 0 saturated heterocycles. The molecule has 0 aromatic heterocycles. The molecule has 1 amide bonds. The second-order valence-corrected chi connectivity index (χ2v) is 4.65. The number of rotatable bonds is 7. The van der Waals surface area contributed by atoms with Crippen LogP contribution in [0.1, 0.15) is 33.6 Å². The standard InChI is InChI=1S/C11H21NO4/c1-8(14)5-4-6-12-10(16)9(15)11(2,3)7-13/h9,13,15H,4-7H2,1-3H3,(H,12,16). The molecular formula is C11H21NO4. The fourth-order valence-corrected chi connectivity index (χ4v) is 1.09. The molecule has 0 fully saturated rings. The predicted molar refractivity (Wildman–Crippen MR) is 59.8 cm³/mol. The van der Waals surface area contributed by atoms with Crippen molar-refractivity contribution in [2.75, 3.05) is 13.2 Å². The van der Waals surface area contributed by atoms with E-state index in [2.05, 4.69) is 5.32 Å². The molecule has 0 aliphatic carbocycles. The molecule has 16 heavy (non-hydrogen) atoms. The van der Waals surface area contributed by atoms with Gasteiger partial charge in [0, 0.05) is 18.4 Å². The Kier molecular flexibility index (Phi) is 6.21. The van der Waals surface area contributed by atoms with Gasteiger partial charge in [-0.05, 0) is 13.3 Å². The van der Waals surface area contributed by atoms with E-state index in [0.717, 1.165) is 0 Å². The molecule has 0 bridgehead atoms. The van der Waals surface area contributed by atoms with Crippen molar-refractivity contribution in [1.29, 1.82) is 0 Å². The van der Waals surface area contributed by atoms with Gasteiger partial charge in [0.15, 0.2) is 0 Å². The number of hydrogen-bond acceptors (Lipinski definition) is 4. The van der Waals surface area contributed by atoms with Crippen LogP contribution in [0.3, 0.4) is 0 Å². The summed E-state index contributed by atoms with van der Waals surface area (Å²) in [5.74, 6) is -0.437. The SMILES string of the molecule is CC(=O)CCCNC(=O)C(O)C(C)(C)CO. The Morgan fingerprint density at radius 1 is 1.38 bits per heavy atom. The first-order valence-electron chi connectivity index (χ1n) is 5.37. The summed E-state index contributed by atoms with van der Waals surface area (Å²) in [5.41, 5.74) is -0.856. The number of carbonyl (C=O) groups is 2. The molecule has 0 rings (SSSR count). The van der Waals surface area contributed by atoms with E-state index in [1.807, 2.05) is 0 Å². The lowest BCUT2D eigenvalue weighted by Crippen LogP contribution is -2.45. The van der Waals surface area contributed by atoms with Crippen LogP contribution >= 0.6 is 0 Å². The minimum absolute atomic E-state index is 0.0745. The Morgan fingerprint density at radius 3 is 2.38 bits per heavy atom. The third-order valence-electron chi connectivity index (χ3n) is 2.40. The Balaban J connectivity index is 3.93. The van der Waals surface area contributed by atoms with Crippen LogP contribution < -0.4 is 5.32 Å². The Morgan fingerprint density at radius 2 is 1.94 bits per heavy atom. The Labute approximate surface area is 95.9 Å². The van der Waals surface area contributed by atoms with Crippen LogP contribution in [0.15, 0.2) is 0 Å². The summed E-state index contributed by atoms with van der Waals surface area (Å²) in [6, 6.07) is 0. The van der Waals surface area contributed by atoms with Crippen molar-refractivity contribution < 1.29 is 19.8 Å². The maximum atomic E-state index is 11.4. The van der Waals surface area contributed by atoms with E-state index in [4.69, 9.17) is 5.11 Å². The van der Waals surface area contributed by atoms with Crippen LogP contribution in [0.2, 0.25) is 0 Å². The molecule has 0 aliphatic rings. The maximum Gasteiger partial charge on any atom is 0.249 e. The van der Waals surface area contributed by atoms with Gasteiger partial charge in [0.2, 0.25) is 5.91 Å². The molecule has 0 aliphatic heterocycles. The summed E-state index contributed by atoms with van der Waals surface area (Å²) in [6.07, 6.45) is -0.262. The second-order valence-electron chi connectivity index (χ2n) is 4.65. The monoisotopic (exact) mass is 231 g/mol. The normalized spacial score (nSPS) is 13.3. The molecule has 94 valence electrons. The number of nitrogens with one attached hydrogen (secondary N) is 1. The molecule has 5 nitrogen and oxygen atoms in total. The summed E-state index contributed by atoms with van der Waals surface area (Å²) in [7, 11) is 0. The quantitative estimate of drug-likeness (QED) is 0.532. The summed E-state index contributed by atoms with van der Waals surface area (Å²) in [4.78, 5) is 22.1. The van der Waals surface area contributed by atoms with Crippen LogP contribution in [0.4, 0.5) is 0 Å². The van der Waals surface area contributed by atoms with Gasteiger partial charge in [-0.2, -0.15) is 0 Å². The number of ketones is 1. The van der Waals surface area contributed by atoms with Crippen molar-refractivity contribution in [3.8, 4) is 0 Å². The molecule has 0 saturated carbocycles. The molecular weight excluding hydrogens is 210 g/mol. The van der Waals surface area contributed by atoms with Crippen LogP contribution in [0.5, 0.6) is 0 Å². The molecule has 0 aromatic carbocycles. The summed E-state index contributed by atoms with van der Waals surface area (Å²) in [6.45, 7) is 4.79. The molecule has 0 aromatic rings. The summed E-state index contributed by atoms with van der Waals surface area (Å²) in [5, 5.41) is 21.1. The molecule has 0 radical (unpaired) electrons. The van der Waals surface area contributed by atoms with Gasteiger partial charge in [0.1, 0.15) is 11.9 Å². The van der Waals surface area contributed by atoms with Crippen molar-refractivity contribution in [2.45, 2.75) is 39.7 Å². The van der Waals surface area contributed by atoms with Crippen LogP contribution in [-0.2, 0) is 9.59 Å². The van der Waals surface area contributed by atoms with Crippen molar-refractivity contribution in [1.82, 2.24) is 5.32 Å². The van der Waals surface area contributed by atoms with Gasteiger partial charge in [-0.25, -0.2) is 0 Å². The number of hydrogen-bond donors (Lipinski definition) is 3. The number of amides is 1. The number of aliphatic hydroxyl groups is 2. The van der Waals surface area contributed by atoms with Crippen molar-refractivity contribution in [3.05, 3.63) is 0 Å². The van der Waals surface area contributed by atoms with E-state index >= 15 is 0 Å². The van der Waals surface area contributed by atoms with Crippen LogP contribution in [0.25, 0.3) is 0 Å². The second kappa shape index (κ2) is 6.60.